The van der Waals surface area contributed by atoms with Crippen LogP contribution < -0.4 is 10.0 Å². The van der Waals surface area contributed by atoms with E-state index in [1.165, 1.54) is 12.1 Å². The predicted molar refractivity (Wildman–Crippen MR) is 78.2 cm³/mol. The van der Waals surface area contributed by atoms with Crippen LogP contribution in [0.15, 0.2) is 24.3 Å². The third-order valence-electron chi connectivity index (χ3n) is 2.76. The lowest BCUT2D eigenvalue weighted by molar-refractivity contribution is 0.0929. The standard InChI is InChI=1S/C13H20N2O4S/c1-3-11(8-9-16)14-13(17)10-4-6-12(7-5-10)15-20(2,18)19/h4-7,11,15-16H,3,8-9H2,1-2H3,(H,14,17). The van der Waals surface area contributed by atoms with Gasteiger partial charge in [0.25, 0.3) is 5.91 Å². The minimum atomic E-state index is -3.32. The molecule has 1 rings (SSSR count). The van der Waals surface area contributed by atoms with Crippen LogP contribution >= 0.6 is 0 Å². The van der Waals surface area contributed by atoms with Gasteiger partial charge in [0.05, 0.1) is 6.26 Å². The van der Waals surface area contributed by atoms with Crippen LogP contribution in [0.3, 0.4) is 0 Å². The highest BCUT2D eigenvalue weighted by molar-refractivity contribution is 7.92. The molecule has 0 aliphatic carbocycles. The average Bonchev–Trinajstić information content (AvgIpc) is 2.37. The van der Waals surface area contributed by atoms with Gasteiger partial charge in [-0.05, 0) is 37.1 Å². The van der Waals surface area contributed by atoms with Crippen molar-refractivity contribution >= 4 is 21.6 Å². The minimum absolute atomic E-state index is 0.0238. The summed E-state index contributed by atoms with van der Waals surface area (Å²) in [7, 11) is -3.32. The topological polar surface area (TPSA) is 95.5 Å². The second-order valence-electron chi connectivity index (χ2n) is 4.54. The Labute approximate surface area is 119 Å². The first-order valence-corrected chi connectivity index (χ1v) is 8.24. The number of aliphatic hydroxyl groups excluding tert-OH is 1. The Morgan fingerprint density at radius 1 is 1.30 bits per heavy atom. The number of aliphatic hydroxyl groups is 1. The predicted octanol–water partition coefficient (Wildman–Crippen LogP) is 0.949. The Kier molecular flexibility index (Phi) is 5.97. The van der Waals surface area contributed by atoms with Crippen molar-refractivity contribution in [2.45, 2.75) is 25.8 Å². The number of carbonyl (C=O) groups excluding carboxylic acids is 1. The van der Waals surface area contributed by atoms with Crippen molar-refractivity contribution in [2.24, 2.45) is 0 Å². The van der Waals surface area contributed by atoms with Crippen molar-refractivity contribution < 1.29 is 18.3 Å². The van der Waals surface area contributed by atoms with Gasteiger partial charge in [0.1, 0.15) is 0 Å². The molecule has 3 N–H and O–H groups in total. The number of sulfonamides is 1. The first-order valence-electron chi connectivity index (χ1n) is 6.35. The number of amides is 1. The van der Waals surface area contributed by atoms with E-state index in [0.717, 1.165) is 12.7 Å². The molecule has 112 valence electrons. The molecule has 1 unspecified atom stereocenters. The van der Waals surface area contributed by atoms with Crippen molar-refractivity contribution in [1.29, 1.82) is 0 Å². The van der Waals surface area contributed by atoms with Gasteiger partial charge in [0.2, 0.25) is 10.0 Å². The zero-order chi connectivity index (χ0) is 15.2. The first kappa shape index (κ1) is 16.5. The lowest BCUT2D eigenvalue weighted by atomic mass is 10.1. The highest BCUT2D eigenvalue weighted by atomic mass is 32.2. The van der Waals surface area contributed by atoms with E-state index in [9.17, 15) is 13.2 Å². The van der Waals surface area contributed by atoms with Crippen LogP contribution in [0.1, 0.15) is 30.1 Å². The summed E-state index contributed by atoms with van der Waals surface area (Å²) < 4.78 is 24.5. The molecular weight excluding hydrogens is 280 g/mol. The molecule has 0 saturated heterocycles. The summed E-state index contributed by atoms with van der Waals surface area (Å²) >= 11 is 0. The second kappa shape index (κ2) is 7.25. The van der Waals surface area contributed by atoms with Crippen LogP contribution in [0, 0.1) is 0 Å². The summed E-state index contributed by atoms with van der Waals surface area (Å²) in [6.07, 6.45) is 2.31. The van der Waals surface area contributed by atoms with Gasteiger partial charge in [-0.15, -0.1) is 0 Å². The van der Waals surface area contributed by atoms with E-state index in [4.69, 9.17) is 5.11 Å². The van der Waals surface area contributed by atoms with Gasteiger partial charge in [0.15, 0.2) is 0 Å². The van der Waals surface area contributed by atoms with Gasteiger partial charge >= 0.3 is 0 Å². The molecule has 1 aromatic carbocycles. The molecule has 6 nitrogen and oxygen atoms in total. The fraction of sp³-hybridized carbons (Fsp3) is 0.462. The lowest BCUT2D eigenvalue weighted by Gasteiger charge is -2.15. The maximum Gasteiger partial charge on any atom is 0.251 e. The van der Waals surface area contributed by atoms with Crippen molar-refractivity contribution in [2.75, 3.05) is 17.6 Å². The van der Waals surface area contributed by atoms with Crippen LogP contribution in [-0.2, 0) is 10.0 Å². The molecule has 0 heterocycles. The van der Waals surface area contributed by atoms with Crippen molar-refractivity contribution in [3.8, 4) is 0 Å². The summed E-state index contributed by atoms with van der Waals surface area (Å²) in [6.45, 7) is 1.95. The first-order chi connectivity index (χ1) is 9.35. The SMILES string of the molecule is CCC(CCO)NC(=O)c1ccc(NS(C)(=O)=O)cc1. The monoisotopic (exact) mass is 300 g/mol. The minimum Gasteiger partial charge on any atom is -0.396 e. The smallest absolute Gasteiger partial charge is 0.251 e. The molecule has 0 radical (unpaired) electrons. The van der Waals surface area contributed by atoms with E-state index in [1.807, 2.05) is 6.92 Å². The van der Waals surface area contributed by atoms with Gasteiger partial charge in [-0.2, -0.15) is 0 Å². The van der Waals surface area contributed by atoms with E-state index in [2.05, 4.69) is 10.0 Å². The largest absolute Gasteiger partial charge is 0.396 e. The highest BCUT2D eigenvalue weighted by Gasteiger charge is 2.12. The molecule has 0 spiro atoms. The Morgan fingerprint density at radius 2 is 1.90 bits per heavy atom. The van der Waals surface area contributed by atoms with Gasteiger partial charge in [-0.25, -0.2) is 8.42 Å². The molecular formula is C13H20N2O4S. The van der Waals surface area contributed by atoms with Gasteiger partial charge in [0, 0.05) is 23.9 Å². The van der Waals surface area contributed by atoms with Crippen LogP contribution in [0.4, 0.5) is 5.69 Å². The molecule has 1 aromatic rings. The fourth-order valence-electron chi connectivity index (χ4n) is 1.71. The summed E-state index contributed by atoms with van der Waals surface area (Å²) in [5, 5.41) is 11.7. The van der Waals surface area contributed by atoms with Crippen molar-refractivity contribution in [3.63, 3.8) is 0 Å². The molecule has 0 saturated carbocycles. The van der Waals surface area contributed by atoms with Crippen LogP contribution in [0.5, 0.6) is 0 Å². The molecule has 7 heteroatoms. The van der Waals surface area contributed by atoms with Crippen LogP contribution in [0.2, 0.25) is 0 Å². The van der Waals surface area contributed by atoms with Gasteiger partial charge in [-0.1, -0.05) is 6.92 Å². The van der Waals surface area contributed by atoms with E-state index in [-0.39, 0.29) is 18.6 Å². The quantitative estimate of drug-likeness (QED) is 0.698. The maximum absolute atomic E-state index is 12.0. The number of hydrogen-bond acceptors (Lipinski definition) is 4. The Morgan fingerprint density at radius 3 is 2.35 bits per heavy atom. The highest BCUT2D eigenvalue weighted by Crippen LogP contribution is 2.11. The molecule has 0 aliphatic rings. The number of benzene rings is 1. The number of rotatable bonds is 7. The number of carbonyl (C=O) groups is 1. The average molecular weight is 300 g/mol. The summed E-state index contributed by atoms with van der Waals surface area (Å²) in [5.74, 6) is -0.240. The maximum atomic E-state index is 12.0. The zero-order valence-corrected chi connectivity index (χ0v) is 12.4. The third-order valence-corrected chi connectivity index (χ3v) is 3.36. The Hall–Kier alpha value is -1.60. The molecule has 0 aliphatic heterocycles. The molecule has 1 amide bonds. The number of nitrogens with one attached hydrogen (secondary N) is 2. The Balaban J connectivity index is 2.70. The number of hydrogen-bond donors (Lipinski definition) is 3. The number of anilines is 1. The molecule has 0 bridgehead atoms. The van der Waals surface area contributed by atoms with E-state index >= 15 is 0 Å². The summed E-state index contributed by atoms with van der Waals surface area (Å²) in [6, 6.07) is 6.09. The molecule has 20 heavy (non-hydrogen) atoms. The molecule has 0 fully saturated rings. The zero-order valence-electron chi connectivity index (χ0n) is 11.6. The normalized spacial score (nSPS) is 12.8. The second-order valence-corrected chi connectivity index (χ2v) is 6.29. The van der Waals surface area contributed by atoms with E-state index in [0.29, 0.717) is 17.7 Å². The lowest BCUT2D eigenvalue weighted by Crippen LogP contribution is -2.35. The van der Waals surface area contributed by atoms with Crippen molar-refractivity contribution in [3.05, 3.63) is 29.8 Å². The molecule has 0 aromatic heterocycles. The van der Waals surface area contributed by atoms with Crippen LogP contribution in [-0.4, -0.2) is 38.3 Å². The van der Waals surface area contributed by atoms with E-state index in [1.54, 1.807) is 12.1 Å². The van der Waals surface area contributed by atoms with Crippen LogP contribution in [0.25, 0.3) is 0 Å². The van der Waals surface area contributed by atoms with E-state index < -0.39 is 10.0 Å². The summed E-state index contributed by atoms with van der Waals surface area (Å²) in [5.41, 5.74) is 0.854. The fourth-order valence-corrected chi connectivity index (χ4v) is 2.27. The molecule has 1 atom stereocenters. The van der Waals surface area contributed by atoms with Gasteiger partial charge < -0.3 is 10.4 Å². The summed E-state index contributed by atoms with van der Waals surface area (Å²) in [4.78, 5) is 12.0. The third kappa shape index (κ3) is 5.58. The van der Waals surface area contributed by atoms with Gasteiger partial charge in [-0.3, -0.25) is 9.52 Å². The van der Waals surface area contributed by atoms with Crippen molar-refractivity contribution in [1.82, 2.24) is 5.32 Å². The Bertz CT molecular complexity index is 540.